The van der Waals surface area contributed by atoms with Gasteiger partial charge in [-0.2, -0.15) is 0 Å². The number of hydrogen-bond donors (Lipinski definition) is 3. The molecule has 1 aliphatic carbocycles. The zero-order chi connectivity index (χ0) is 14.5. The second kappa shape index (κ2) is 6.29. The van der Waals surface area contributed by atoms with Crippen LogP contribution in [0, 0.1) is 0 Å². The molecule has 0 bridgehead atoms. The van der Waals surface area contributed by atoms with Gasteiger partial charge in [0.25, 0.3) is 0 Å². The van der Waals surface area contributed by atoms with Gasteiger partial charge in [0.2, 0.25) is 11.8 Å². The highest BCUT2D eigenvalue weighted by Gasteiger charge is 2.17. The smallest absolute Gasteiger partial charge is 0.243 e. The molecule has 1 aliphatic rings. The van der Waals surface area contributed by atoms with Crippen LogP contribution in [0.1, 0.15) is 28.8 Å². The highest BCUT2D eigenvalue weighted by atomic mass is 16.2. The first-order valence-corrected chi connectivity index (χ1v) is 6.53. The lowest BCUT2D eigenvalue weighted by molar-refractivity contribution is -0.123. The summed E-state index contributed by atoms with van der Waals surface area (Å²) >= 11 is 0. The van der Waals surface area contributed by atoms with E-state index >= 15 is 0 Å². The Morgan fingerprint density at radius 2 is 2.00 bits per heavy atom. The van der Waals surface area contributed by atoms with Crippen molar-refractivity contribution in [3.05, 3.63) is 29.3 Å². The molecule has 0 unspecified atom stereocenters. The molecule has 0 atom stereocenters. The van der Waals surface area contributed by atoms with Crippen LogP contribution in [0.2, 0.25) is 0 Å². The summed E-state index contributed by atoms with van der Waals surface area (Å²) in [6.07, 6.45) is 2.32. The third-order valence-electron chi connectivity index (χ3n) is 3.18. The molecule has 0 aliphatic heterocycles. The van der Waals surface area contributed by atoms with Crippen LogP contribution in [0.15, 0.2) is 18.2 Å². The van der Waals surface area contributed by atoms with Crippen LogP contribution >= 0.6 is 0 Å². The maximum absolute atomic E-state index is 11.8. The van der Waals surface area contributed by atoms with Gasteiger partial charge in [-0.1, -0.05) is 6.07 Å². The fourth-order valence-corrected chi connectivity index (χ4v) is 2.16. The number of Topliss-reactive ketones (excluding diaryl/α,β-unsaturated/α-hetero) is 1. The highest BCUT2D eigenvalue weighted by Crippen LogP contribution is 2.24. The number of nitrogens with one attached hydrogen (secondary N) is 2. The number of amides is 2. The molecule has 20 heavy (non-hydrogen) atoms. The maximum Gasteiger partial charge on any atom is 0.243 e. The first-order chi connectivity index (χ1) is 9.60. The zero-order valence-electron chi connectivity index (χ0n) is 11.1. The molecule has 2 amide bonds. The van der Waals surface area contributed by atoms with Crippen LogP contribution < -0.4 is 16.4 Å². The quantitative estimate of drug-likeness (QED) is 0.731. The van der Waals surface area contributed by atoms with E-state index in [1.807, 2.05) is 6.07 Å². The molecule has 6 heteroatoms. The molecule has 106 valence electrons. The summed E-state index contributed by atoms with van der Waals surface area (Å²) in [6, 6.07) is 5.32. The van der Waals surface area contributed by atoms with Gasteiger partial charge >= 0.3 is 0 Å². The lowest BCUT2D eigenvalue weighted by Gasteiger charge is -2.16. The predicted octanol–water partition coefficient (Wildman–Crippen LogP) is 0.219. The Hall–Kier alpha value is -2.21. The summed E-state index contributed by atoms with van der Waals surface area (Å²) in [7, 11) is 0. The fourth-order valence-electron chi connectivity index (χ4n) is 2.16. The van der Waals surface area contributed by atoms with E-state index < -0.39 is 0 Å². The average molecular weight is 275 g/mol. The van der Waals surface area contributed by atoms with Gasteiger partial charge in [0, 0.05) is 17.7 Å². The maximum atomic E-state index is 11.8. The Kier molecular flexibility index (Phi) is 4.47. The van der Waals surface area contributed by atoms with Crippen LogP contribution in [0.4, 0.5) is 5.69 Å². The van der Waals surface area contributed by atoms with Crippen molar-refractivity contribution in [1.29, 1.82) is 0 Å². The number of carbonyl (C=O) groups excluding carboxylic acids is 3. The Balaban J connectivity index is 2.00. The van der Waals surface area contributed by atoms with E-state index in [1.54, 1.807) is 12.1 Å². The third-order valence-corrected chi connectivity index (χ3v) is 3.18. The van der Waals surface area contributed by atoms with Crippen molar-refractivity contribution in [2.75, 3.05) is 18.4 Å². The topological polar surface area (TPSA) is 101 Å². The standard InChI is InChI=1S/C14H17N3O3/c15-7-13(19)16-8-14(20)17-10-5-4-9-2-1-3-12(18)11(9)6-10/h4-6H,1-3,7-8,15H2,(H,16,19)(H,17,20). The molecule has 6 nitrogen and oxygen atoms in total. The molecule has 1 aromatic carbocycles. The van der Waals surface area contributed by atoms with E-state index in [1.165, 1.54) is 0 Å². The summed E-state index contributed by atoms with van der Waals surface area (Å²) in [5.74, 6) is -0.630. The molecule has 4 N–H and O–H groups in total. The predicted molar refractivity (Wildman–Crippen MR) is 74.4 cm³/mol. The molecule has 0 spiro atoms. The Bertz CT molecular complexity index is 555. The SMILES string of the molecule is NCC(=O)NCC(=O)Nc1ccc2c(c1)C(=O)CCC2. The highest BCUT2D eigenvalue weighted by molar-refractivity contribution is 6.01. The zero-order valence-corrected chi connectivity index (χ0v) is 11.1. The van der Waals surface area contributed by atoms with Crippen LogP contribution in [-0.4, -0.2) is 30.7 Å². The summed E-state index contributed by atoms with van der Waals surface area (Å²) in [6.45, 7) is -0.290. The number of anilines is 1. The van der Waals surface area contributed by atoms with E-state index in [9.17, 15) is 14.4 Å². The monoisotopic (exact) mass is 275 g/mol. The number of aryl methyl sites for hydroxylation is 1. The Morgan fingerprint density at radius 3 is 2.75 bits per heavy atom. The van der Waals surface area contributed by atoms with Crippen molar-refractivity contribution in [2.45, 2.75) is 19.3 Å². The fraction of sp³-hybridized carbons (Fsp3) is 0.357. The minimum Gasteiger partial charge on any atom is -0.346 e. The second-order valence-electron chi connectivity index (χ2n) is 4.68. The molecular formula is C14H17N3O3. The molecule has 0 fully saturated rings. The van der Waals surface area contributed by atoms with Crippen molar-refractivity contribution in [2.24, 2.45) is 5.73 Å². The van der Waals surface area contributed by atoms with Crippen LogP contribution in [0.25, 0.3) is 0 Å². The molecule has 0 saturated carbocycles. The van der Waals surface area contributed by atoms with Gasteiger partial charge < -0.3 is 16.4 Å². The summed E-state index contributed by atoms with van der Waals surface area (Å²) < 4.78 is 0. The minimum atomic E-state index is -0.388. The van der Waals surface area contributed by atoms with Crippen LogP contribution in [0.5, 0.6) is 0 Å². The second-order valence-corrected chi connectivity index (χ2v) is 4.68. The summed E-state index contributed by atoms with van der Waals surface area (Å²) in [4.78, 5) is 34.4. The largest absolute Gasteiger partial charge is 0.346 e. The van der Waals surface area contributed by atoms with E-state index in [0.717, 1.165) is 18.4 Å². The van der Waals surface area contributed by atoms with Crippen molar-refractivity contribution in [3.8, 4) is 0 Å². The molecule has 0 saturated heterocycles. The number of fused-ring (bicyclic) bond motifs is 1. The Labute approximate surface area is 116 Å². The lowest BCUT2D eigenvalue weighted by Crippen LogP contribution is -2.36. The number of benzene rings is 1. The average Bonchev–Trinajstić information content (AvgIpc) is 2.45. The van der Waals surface area contributed by atoms with Gasteiger partial charge in [-0.3, -0.25) is 14.4 Å². The van der Waals surface area contributed by atoms with E-state index in [2.05, 4.69) is 10.6 Å². The molecule has 1 aromatic rings. The van der Waals surface area contributed by atoms with Gasteiger partial charge in [-0.15, -0.1) is 0 Å². The number of nitrogens with two attached hydrogens (primary N) is 1. The number of rotatable bonds is 4. The van der Waals surface area contributed by atoms with Gasteiger partial charge in [0.05, 0.1) is 13.1 Å². The molecule has 0 aromatic heterocycles. The molecular weight excluding hydrogens is 258 g/mol. The van der Waals surface area contributed by atoms with Crippen molar-refractivity contribution in [1.82, 2.24) is 5.32 Å². The first kappa shape index (κ1) is 14.2. The van der Waals surface area contributed by atoms with Crippen LogP contribution in [-0.2, 0) is 16.0 Å². The number of ketones is 1. The van der Waals surface area contributed by atoms with Gasteiger partial charge in [0.15, 0.2) is 5.78 Å². The van der Waals surface area contributed by atoms with E-state index in [0.29, 0.717) is 17.7 Å². The number of hydrogen-bond acceptors (Lipinski definition) is 4. The minimum absolute atomic E-state index is 0.110. The lowest BCUT2D eigenvalue weighted by atomic mass is 9.90. The molecule has 0 radical (unpaired) electrons. The first-order valence-electron chi connectivity index (χ1n) is 6.53. The van der Waals surface area contributed by atoms with Gasteiger partial charge in [-0.25, -0.2) is 0 Å². The van der Waals surface area contributed by atoms with Gasteiger partial charge in [0.1, 0.15) is 0 Å². The van der Waals surface area contributed by atoms with Crippen LogP contribution in [0.3, 0.4) is 0 Å². The normalized spacial score (nSPS) is 13.6. The number of carbonyl (C=O) groups is 3. The summed E-state index contributed by atoms with van der Waals surface area (Å²) in [5.41, 5.74) is 7.39. The van der Waals surface area contributed by atoms with E-state index in [-0.39, 0.29) is 30.7 Å². The molecule has 2 rings (SSSR count). The third kappa shape index (κ3) is 3.42. The Morgan fingerprint density at radius 1 is 1.20 bits per heavy atom. The molecule has 0 heterocycles. The van der Waals surface area contributed by atoms with Crippen molar-refractivity contribution in [3.63, 3.8) is 0 Å². The van der Waals surface area contributed by atoms with Crippen molar-refractivity contribution < 1.29 is 14.4 Å². The van der Waals surface area contributed by atoms with Gasteiger partial charge in [-0.05, 0) is 30.5 Å². The van der Waals surface area contributed by atoms with Crippen molar-refractivity contribution >= 4 is 23.3 Å². The van der Waals surface area contributed by atoms with E-state index in [4.69, 9.17) is 5.73 Å². The summed E-state index contributed by atoms with van der Waals surface area (Å²) in [5, 5.41) is 5.03.